The van der Waals surface area contributed by atoms with E-state index < -0.39 is 35.3 Å². The first-order chi connectivity index (χ1) is 11.9. The largest absolute Gasteiger partial charge is 0.262 e. The lowest BCUT2D eigenvalue weighted by Crippen LogP contribution is -2.35. The van der Waals surface area contributed by atoms with Crippen LogP contribution < -0.4 is 4.72 Å². The molecule has 1 aromatic heterocycles. The van der Waals surface area contributed by atoms with Crippen LogP contribution in [0.25, 0.3) is 0 Å². The molecule has 1 atom stereocenters. The molecule has 9 heteroatoms. The smallest absolute Gasteiger partial charge is 0.242 e. The lowest BCUT2D eigenvalue weighted by Gasteiger charge is -2.24. The third-order valence-electron chi connectivity index (χ3n) is 3.53. The number of sulfonamides is 1. The van der Waals surface area contributed by atoms with E-state index in [9.17, 15) is 17.2 Å². The van der Waals surface area contributed by atoms with Crippen LogP contribution in [0, 0.1) is 17.2 Å². The van der Waals surface area contributed by atoms with Gasteiger partial charge in [0.1, 0.15) is 11.0 Å². The SMILES string of the molecule is N#Cc1cncc(S(=O)(=O)N[C@H](c2ccc(Cl)cc2)C(CF)CF)c1. The first-order valence-electron chi connectivity index (χ1n) is 7.16. The molecule has 0 saturated heterocycles. The Morgan fingerprint density at radius 3 is 2.40 bits per heavy atom. The molecule has 0 radical (unpaired) electrons. The lowest BCUT2D eigenvalue weighted by molar-refractivity contribution is 0.244. The van der Waals surface area contributed by atoms with Crippen molar-refractivity contribution in [1.29, 1.82) is 5.26 Å². The Labute approximate surface area is 149 Å². The van der Waals surface area contributed by atoms with Crippen LogP contribution in [0.3, 0.4) is 0 Å². The second-order valence-corrected chi connectivity index (χ2v) is 7.39. The van der Waals surface area contributed by atoms with Gasteiger partial charge in [-0.1, -0.05) is 23.7 Å². The molecule has 25 heavy (non-hydrogen) atoms. The number of nitrogens with zero attached hydrogens (tertiary/aromatic N) is 2. The molecular formula is C16H14ClF2N3O2S. The molecule has 1 N–H and O–H groups in total. The van der Waals surface area contributed by atoms with Gasteiger partial charge in [-0.25, -0.2) is 13.1 Å². The van der Waals surface area contributed by atoms with Crippen molar-refractivity contribution in [2.45, 2.75) is 10.9 Å². The van der Waals surface area contributed by atoms with Crippen LogP contribution in [0.4, 0.5) is 8.78 Å². The topological polar surface area (TPSA) is 82.8 Å². The molecule has 0 bridgehead atoms. The van der Waals surface area contributed by atoms with Crippen molar-refractivity contribution in [1.82, 2.24) is 9.71 Å². The summed E-state index contributed by atoms with van der Waals surface area (Å²) in [6.45, 7) is -2.11. The lowest BCUT2D eigenvalue weighted by atomic mass is 9.96. The molecule has 0 spiro atoms. The number of hydrogen-bond donors (Lipinski definition) is 1. The number of pyridine rings is 1. The van der Waals surface area contributed by atoms with E-state index in [1.165, 1.54) is 30.5 Å². The fraction of sp³-hybridized carbons (Fsp3) is 0.250. The zero-order valence-corrected chi connectivity index (χ0v) is 14.4. The van der Waals surface area contributed by atoms with Gasteiger partial charge < -0.3 is 0 Å². The van der Waals surface area contributed by atoms with Crippen LogP contribution in [0.5, 0.6) is 0 Å². The van der Waals surface area contributed by atoms with Crippen LogP contribution in [-0.2, 0) is 10.0 Å². The number of aromatic nitrogens is 1. The highest BCUT2D eigenvalue weighted by Gasteiger charge is 2.29. The first kappa shape index (κ1) is 19.2. The predicted molar refractivity (Wildman–Crippen MR) is 88.9 cm³/mol. The molecule has 1 aromatic carbocycles. The third-order valence-corrected chi connectivity index (χ3v) is 5.19. The first-order valence-corrected chi connectivity index (χ1v) is 9.02. The molecule has 0 aliphatic carbocycles. The van der Waals surface area contributed by atoms with Crippen molar-refractivity contribution in [3.05, 3.63) is 58.9 Å². The molecule has 132 valence electrons. The van der Waals surface area contributed by atoms with Gasteiger partial charge in [0.15, 0.2) is 0 Å². The Balaban J connectivity index is 2.41. The Kier molecular flexibility index (Phi) is 6.42. The highest BCUT2D eigenvalue weighted by atomic mass is 35.5. The van der Waals surface area contributed by atoms with Gasteiger partial charge in [0.2, 0.25) is 10.0 Å². The van der Waals surface area contributed by atoms with E-state index in [0.717, 1.165) is 12.3 Å². The molecule has 0 fully saturated rings. The molecule has 0 aliphatic heterocycles. The minimum absolute atomic E-state index is 0.0541. The summed E-state index contributed by atoms with van der Waals surface area (Å²) >= 11 is 5.80. The Bertz CT molecular complexity index is 866. The van der Waals surface area contributed by atoms with Crippen molar-refractivity contribution < 1.29 is 17.2 Å². The van der Waals surface area contributed by atoms with Crippen LogP contribution in [0.1, 0.15) is 17.2 Å². The minimum Gasteiger partial charge on any atom is -0.262 e. The number of alkyl halides is 2. The zero-order valence-electron chi connectivity index (χ0n) is 12.9. The summed E-state index contributed by atoms with van der Waals surface area (Å²) in [6.07, 6.45) is 2.27. The maximum Gasteiger partial charge on any atom is 0.242 e. The summed E-state index contributed by atoms with van der Waals surface area (Å²) < 4.78 is 53.8. The van der Waals surface area contributed by atoms with E-state index in [0.29, 0.717) is 10.6 Å². The summed E-state index contributed by atoms with van der Waals surface area (Å²) in [4.78, 5) is 3.43. The van der Waals surface area contributed by atoms with Gasteiger partial charge in [-0.15, -0.1) is 0 Å². The number of hydrogen-bond acceptors (Lipinski definition) is 4. The fourth-order valence-electron chi connectivity index (χ4n) is 2.19. The normalized spacial score (nSPS) is 12.8. The van der Waals surface area contributed by atoms with E-state index >= 15 is 0 Å². The molecule has 5 nitrogen and oxygen atoms in total. The van der Waals surface area contributed by atoms with E-state index in [4.69, 9.17) is 16.9 Å². The van der Waals surface area contributed by atoms with Crippen molar-refractivity contribution in [3.8, 4) is 6.07 Å². The quantitative estimate of drug-likeness (QED) is 0.793. The standard InChI is InChI=1S/C16H14ClF2N3O2S/c17-14-3-1-12(2-4-14)16(13(6-18)7-19)22-25(23,24)15-5-11(8-20)9-21-10-15/h1-5,9-10,13,16,22H,6-7H2/t16-/m1/s1. The molecule has 2 aromatic rings. The molecule has 1 heterocycles. The van der Waals surface area contributed by atoms with Gasteiger partial charge in [-0.05, 0) is 23.8 Å². The second-order valence-electron chi connectivity index (χ2n) is 5.24. The van der Waals surface area contributed by atoms with E-state index in [-0.39, 0.29) is 10.5 Å². The average Bonchev–Trinajstić information content (AvgIpc) is 2.62. The molecule has 0 aliphatic rings. The van der Waals surface area contributed by atoms with Gasteiger partial charge in [0.25, 0.3) is 0 Å². The highest BCUT2D eigenvalue weighted by molar-refractivity contribution is 7.89. The van der Waals surface area contributed by atoms with Gasteiger partial charge in [-0.3, -0.25) is 13.8 Å². The molecular weight excluding hydrogens is 372 g/mol. The van der Waals surface area contributed by atoms with Crippen LogP contribution in [0.15, 0.2) is 47.6 Å². The van der Waals surface area contributed by atoms with Crippen molar-refractivity contribution in [2.24, 2.45) is 5.92 Å². The fourth-order valence-corrected chi connectivity index (χ4v) is 3.59. The van der Waals surface area contributed by atoms with Crippen LogP contribution in [0.2, 0.25) is 5.02 Å². The molecule has 0 unspecified atom stereocenters. The Morgan fingerprint density at radius 1 is 1.20 bits per heavy atom. The van der Waals surface area contributed by atoms with E-state index in [1.807, 2.05) is 0 Å². The summed E-state index contributed by atoms with van der Waals surface area (Å²) in [5.74, 6) is -1.21. The highest BCUT2D eigenvalue weighted by Crippen LogP contribution is 2.27. The number of halogens is 3. The zero-order chi connectivity index (χ0) is 18.4. The number of benzene rings is 1. The van der Waals surface area contributed by atoms with Gasteiger partial charge in [0.05, 0.1) is 25.0 Å². The van der Waals surface area contributed by atoms with Gasteiger partial charge in [0, 0.05) is 23.3 Å². The van der Waals surface area contributed by atoms with Crippen LogP contribution in [-0.4, -0.2) is 26.8 Å². The van der Waals surface area contributed by atoms with Crippen LogP contribution >= 0.6 is 11.6 Å². The summed E-state index contributed by atoms with van der Waals surface area (Å²) in [7, 11) is -4.15. The van der Waals surface area contributed by atoms with Crippen molar-refractivity contribution in [2.75, 3.05) is 13.3 Å². The summed E-state index contributed by atoms with van der Waals surface area (Å²) in [5, 5.41) is 9.27. The summed E-state index contributed by atoms with van der Waals surface area (Å²) in [5.41, 5.74) is 0.427. The van der Waals surface area contributed by atoms with E-state index in [1.54, 1.807) is 6.07 Å². The van der Waals surface area contributed by atoms with Gasteiger partial charge >= 0.3 is 0 Å². The predicted octanol–water partition coefficient (Wildman–Crippen LogP) is 3.18. The number of nitrogens with one attached hydrogen (secondary N) is 1. The maximum atomic E-state index is 13.2. The van der Waals surface area contributed by atoms with Gasteiger partial charge in [-0.2, -0.15) is 5.26 Å². The van der Waals surface area contributed by atoms with Crippen molar-refractivity contribution in [3.63, 3.8) is 0 Å². The molecule has 0 amide bonds. The molecule has 2 rings (SSSR count). The average molecular weight is 386 g/mol. The Hall–Kier alpha value is -2.08. The Morgan fingerprint density at radius 2 is 1.84 bits per heavy atom. The van der Waals surface area contributed by atoms with Crippen molar-refractivity contribution >= 4 is 21.6 Å². The minimum atomic E-state index is -4.15. The third kappa shape index (κ3) is 4.72. The number of rotatable bonds is 7. The summed E-state index contributed by atoms with van der Waals surface area (Å²) in [6, 6.07) is 7.79. The number of nitriles is 1. The van der Waals surface area contributed by atoms with E-state index in [2.05, 4.69) is 9.71 Å². The maximum absolute atomic E-state index is 13.2. The second kappa shape index (κ2) is 8.34. The monoisotopic (exact) mass is 385 g/mol. The molecule has 0 saturated carbocycles.